The molecule has 0 amide bonds. The summed E-state index contributed by atoms with van der Waals surface area (Å²) in [5.41, 5.74) is 0. The van der Waals surface area contributed by atoms with Crippen molar-refractivity contribution in [3.05, 3.63) is 24.3 Å². The molecule has 0 saturated heterocycles. The first-order valence-corrected chi connectivity index (χ1v) is 8.29. The van der Waals surface area contributed by atoms with Crippen LogP contribution in [0.15, 0.2) is 24.3 Å². The molecule has 0 atom stereocenters. The normalized spacial score (nSPS) is 11.9. The van der Waals surface area contributed by atoms with Crippen LogP contribution in [0.3, 0.4) is 0 Å². The zero-order valence-corrected chi connectivity index (χ0v) is 13.2. The monoisotopic (exact) mass is 266 g/mol. The molecule has 0 aromatic heterocycles. The average Bonchev–Trinajstić information content (AvgIpc) is 2.43. The molecule has 1 nitrogen and oxygen atoms in total. The summed E-state index contributed by atoms with van der Waals surface area (Å²) in [4.78, 5) is 0. The van der Waals surface area contributed by atoms with Gasteiger partial charge in [0.25, 0.3) is 0 Å². The summed E-state index contributed by atoms with van der Waals surface area (Å²) >= 11 is 0. The zero-order chi connectivity index (χ0) is 14.0. The van der Waals surface area contributed by atoms with Gasteiger partial charge >= 0.3 is 0 Å². The smallest absolute Gasteiger partial charge is 0.0651 e. The highest BCUT2D eigenvalue weighted by Gasteiger charge is 1.85. The van der Waals surface area contributed by atoms with Crippen molar-refractivity contribution in [2.24, 2.45) is 0 Å². The third-order valence-corrected chi connectivity index (χ3v) is 3.21. The number of unbranched alkanes of at least 4 members (excludes halogenated alkanes) is 8. The molecule has 0 radical (unpaired) electrons. The van der Waals surface area contributed by atoms with Crippen molar-refractivity contribution in [2.45, 2.75) is 78.1 Å². The molecule has 0 aliphatic rings. The van der Waals surface area contributed by atoms with Crippen LogP contribution in [0.4, 0.5) is 0 Å². The maximum absolute atomic E-state index is 5.52. The molecule has 19 heavy (non-hydrogen) atoms. The van der Waals surface area contributed by atoms with Gasteiger partial charge < -0.3 is 4.74 Å². The van der Waals surface area contributed by atoms with E-state index < -0.39 is 0 Å². The van der Waals surface area contributed by atoms with Crippen molar-refractivity contribution in [1.29, 1.82) is 0 Å². The summed E-state index contributed by atoms with van der Waals surface area (Å²) in [6.07, 6.45) is 22.0. The summed E-state index contributed by atoms with van der Waals surface area (Å²) < 4.78 is 5.52. The lowest BCUT2D eigenvalue weighted by atomic mass is 10.1. The van der Waals surface area contributed by atoms with Gasteiger partial charge in [0, 0.05) is 0 Å². The van der Waals surface area contributed by atoms with Gasteiger partial charge in [-0.1, -0.05) is 76.7 Å². The van der Waals surface area contributed by atoms with Gasteiger partial charge in [-0.15, -0.1) is 0 Å². The SMILES string of the molecule is CCCCCC/C=C/COC/C=C/CCCCCC. The van der Waals surface area contributed by atoms with Crippen molar-refractivity contribution in [3.63, 3.8) is 0 Å². The van der Waals surface area contributed by atoms with Crippen LogP contribution in [0.5, 0.6) is 0 Å². The molecule has 0 aromatic carbocycles. The number of hydrogen-bond donors (Lipinski definition) is 0. The third-order valence-electron chi connectivity index (χ3n) is 3.21. The summed E-state index contributed by atoms with van der Waals surface area (Å²) in [6, 6.07) is 0. The highest BCUT2D eigenvalue weighted by Crippen LogP contribution is 2.03. The third kappa shape index (κ3) is 17.4. The molecule has 0 fully saturated rings. The summed E-state index contributed by atoms with van der Waals surface area (Å²) in [5.74, 6) is 0. The first kappa shape index (κ1) is 18.4. The minimum Gasteiger partial charge on any atom is -0.373 e. The van der Waals surface area contributed by atoms with Crippen molar-refractivity contribution in [2.75, 3.05) is 13.2 Å². The van der Waals surface area contributed by atoms with Gasteiger partial charge in [0.2, 0.25) is 0 Å². The Kier molecular flexibility index (Phi) is 16.9. The van der Waals surface area contributed by atoms with Gasteiger partial charge in [-0.25, -0.2) is 0 Å². The van der Waals surface area contributed by atoms with E-state index in [0.29, 0.717) is 0 Å². The number of allylic oxidation sites excluding steroid dienone is 2. The van der Waals surface area contributed by atoms with Gasteiger partial charge in [-0.3, -0.25) is 0 Å². The van der Waals surface area contributed by atoms with Crippen LogP contribution < -0.4 is 0 Å². The average molecular weight is 266 g/mol. The van der Waals surface area contributed by atoms with Crippen molar-refractivity contribution in [3.8, 4) is 0 Å². The summed E-state index contributed by atoms with van der Waals surface area (Å²) in [6.45, 7) is 6.02. The van der Waals surface area contributed by atoms with Crippen LogP contribution in [0.2, 0.25) is 0 Å². The molecule has 0 saturated carbocycles. The highest BCUT2D eigenvalue weighted by molar-refractivity contribution is 4.84. The fourth-order valence-corrected chi connectivity index (χ4v) is 1.95. The molecular formula is C18H34O. The van der Waals surface area contributed by atoms with Gasteiger partial charge in [0.1, 0.15) is 0 Å². The van der Waals surface area contributed by atoms with E-state index >= 15 is 0 Å². The Bertz CT molecular complexity index is 184. The Hall–Kier alpha value is -0.560. The van der Waals surface area contributed by atoms with Crippen LogP contribution in [0.1, 0.15) is 78.1 Å². The van der Waals surface area contributed by atoms with Crippen LogP contribution >= 0.6 is 0 Å². The molecule has 0 N–H and O–H groups in total. The molecule has 112 valence electrons. The zero-order valence-electron chi connectivity index (χ0n) is 13.2. The van der Waals surface area contributed by atoms with Gasteiger partial charge in [-0.2, -0.15) is 0 Å². The number of ether oxygens (including phenoxy) is 1. The lowest BCUT2D eigenvalue weighted by molar-refractivity contribution is 0.193. The standard InChI is InChI=1S/C18H34O/c1-3-5-7-9-11-13-15-17-19-18-16-14-12-10-8-6-4-2/h13-16H,3-12,17-18H2,1-2H3/b15-13+,16-14+. The molecule has 1 heteroatoms. The van der Waals surface area contributed by atoms with Crippen LogP contribution in [-0.4, -0.2) is 13.2 Å². The maximum Gasteiger partial charge on any atom is 0.0651 e. The van der Waals surface area contributed by atoms with E-state index in [1.54, 1.807) is 0 Å². The molecule has 0 bridgehead atoms. The van der Waals surface area contributed by atoms with Crippen molar-refractivity contribution >= 4 is 0 Å². The van der Waals surface area contributed by atoms with E-state index in [-0.39, 0.29) is 0 Å². The van der Waals surface area contributed by atoms with E-state index in [2.05, 4.69) is 38.2 Å². The molecule has 0 heterocycles. The first-order valence-electron chi connectivity index (χ1n) is 8.29. The minimum absolute atomic E-state index is 0.758. The molecule has 0 spiro atoms. The van der Waals surface area contributed by atoms with E-state index in [4.69, 9.17) is 4.74 Å². The highest BCUT2D eigenvalue weighted by atomic mass is 16.5. The Balaban J connectivity index is 3.12. The van der Waals surface area contributed by atoms with Crippen LogP contribution in [-0.2, 0) is 4.74 Å². The molecule has 0 aliphatic heterocycles. The molecule has 0 aromatic rings. The molecule has 0 rings (SSSR count). The predicted molar refractivity (Wildman–Crippen MR) is 86.6 cm³/mol. The van der Waals surface area contributed by atoms with Gasteiger partial charge in [0.05, 0.1) is 13.2 Å². The maximum atomic E-state index is 5.52. The lowest BCUT2D eigenvalue weighted by Gasteiger charge is -1.97. The number of hydrogen-bond acceptors (Lipinski definition) is 1. The quantitative estimate of drug-likeness (QED) is 0.274. The molecule has 0 aliphatic carbocycles. The first-order chi connectivity index (χ1) is 9.41. The van der Waals surface area contributed by atoms with Crippen LogP contribution in [0, 0.1) is 0 Å². The van der Waals surface area contributed by atoms with Gasteiger partial charge in [-0.05, 0) is 25.7 Å². The topological polar surface area (TPSA) is 9.23 Å². The Morgan fingerprint density at radius 2 is 1.05 bits per heavy atom. The lowest BCUT2D eigenvalue weighted by Crippen LogP contribution is -1.90. The van der Waals surface area contributed by atoms with E-state index in [9.17, 15) is 0 Å². The van der Waals surface area contributed by atoms with E-state index in [1.165, 1.54) is 64.2 Å². The Labute approximate surface area is 121 Å². The number of rotatable bonds is 14. The predicted octanol–water partition coefficient (Wildman–Crippen LogP) is 6.06. The van der Waals surface area contributed by atoms with E-state index in [1.807, 2.05) is 0 Å². The second-order valence-corrected chi connectivity index (χ2v) is 5.18. The molecular weight excluding hydrogens is 232 g/mol. The Morgan fingerprint density at radius 3 is 1.47 bits per heavy atom. The largest absolute Gasteiger partial charge is 0.373 e. The van der Waals surface area contributed by atoms with Crippen LogP contribution in [0.25, 0.3) is 0 Å². The molecule has 0 unspecified atom stereocenters. The fourth-order valence-electron chi connectivity index (χ4n) is 1.95. The van der Waals surface area contributed by atoms with Gasteiger partial charge in [0.15, 0.2) is 0 Å². The summed E-state index contributed by atoms with van der Waals surface area (Å²) in [7, 11) is 0. The summed E-state index contributed by atoms with van der Waals surface area (Å²) in [5, 5.41) is 0. The van der Waals surface area contributed by atoms with Crippen molar-refractivity contribution in [1.82, 2.24) is 0 Å². The van der Waals surface area contributed by atoms with E-state index in [0.717, 1.165) is 13.2 Å². The second kappa shape index (κ2) is 17.4. The second-order valence-electron chi connectivity index (χ2n) is 5.18. The minimum atomic E-state index is 0.758. The Morgan fingerprint density at radius 1 is 0.579 bits per heavy atom. The van der Waals surface area contributed by atoms with Crippen molar-refractivity contribution < 1.29 is 4.74 Å². The fraction of sp³-hybridized carbons (Fsp3) is 0.778.